The molecule has 2 aliphatic carbocycles. The van der Waals surface area contributed by atoms with E-state index in [0.717, 1.165) is 32.1 Å². The van der Waals surface area contributed by atoms with Gasteiger partial charge in [0.2, 0.25) is 12.3 Å². The Morgan fingerprint density at radius 1 is 1.35 bits per heavy atom. The summed E-state index contributed by atoms with van der Waals surface area (Å²) < 4.78 is 1.62. The molecule has 3 atom stereocenters. The van der Waals surface area contributed by atoms with Crippen molar-refractivity contribution in [3.63, 3.8) is 0 Å². The van der Waals surface area contributed by atoms with Gasteiger partial charge in [0.1, 0.15) is 0 Å². The van der Waals surface area contributed by atoms with E-state index in [1.54, 1.807) is 11.7 Å². The molecule has 4 rings (SSSR count). The summed E-state index contributed by atoms with van der Waals surface area (Å²) in [5.41, 5.74) is -0.653. The van der Waals surface area contributed by atoms with Crippen molar-refractivity contribution in [2.45, 2.75) is 51.0 Å². The molecule has 0 bridgehead atoms. The van der Waals surface area contributed by atoms with E-state index in [-0.39, 0.29) is 24.4 Å². The highest BCUT2D eigenvalue weighted by Crippen LogP contribution is 2.61. The Hall–Kier alpha value is -2.03. The van der Waals surface area contributed by atoms with Gasteiger partial charge >= 0.3 is 0 Å². The average molecular weight is 362 g/mol. The first-order valence-corrected chi connectivity index (χ1v) is 9.51. The van der Waals surface area contributed by atoms with Crippen LogP contribution in [0.15, 0.2) is 0 Å². The topological polar surface area (TPSA) is 104 Å². The summed E-state index contributed by atoms with van der Waals surface area (Å²) in [6, 6.07) is -0.132. The van der Waals surface area contributed by atoms with Gasteiger partial charge in [0.25, 0.3) is 0 Å². The summed E-state index contributed by atoms with van der Waals surface area (Å²) in [6.07, 6.45) is 7.59. The smallest absolute Gasteiger partial charge is 0.233 e. The Morgan fingerprint density at radius 3 is 2.77 bits per heavy atom. The fourth-order valence-corrected chi connectivity index (χ4v) is 5.22. The zero-order valence-corrected chi connectivity index (χ0v) is 15.1. The lowest BCUT2D eigenvalue weighted by molar-refractivity contribution is -0.159. The van der Waals surface area contributed by atoms with E-state index in [0.29, 0.717) is 29.8 Å². The molecule has 0 aromatic carbocycles. The van der Waals surface area contributed by atoms with Crippen LogP contribution in [0, 0.1) is 17.3 Å². The number of aryl methyl sites for hydroxylation is 1. The molecular formula is C17H26N6O3. The minimum atomic E-state index is -0.653. The fourth-order valence-electron chi connectivity index (χ4n) is 5.22. The van der Waals surface area contributed by atoms with Gasteiger partial charge in [-0.05, 0) is 41.5 Å². The first-order chi connectivity index (χ1) is 12.6. The number of carbonyl (C=O) groups excluding carboxylic acids is 2. The molecule has 1 saturated heterocycles. The fraction of sp³-hybridized carbons (Fsp3) is 0.824. The molecule has 3 fully saturated rings. The van der Waals surface area contributed by atoms with Crippen molar-refractivity contribution >= 4 is 12.3 Å². The maximum Gasteiger partial charge on any atom is 0.233 e. The normalized spacial score (nSPS) is 31.4. The molecule has 0 spiro atoms. The quantitative estimate of drug-likeness (QED) is 0.458. The highest BCUT2D eigenvalue weighted by atomic mass is 16.5. The van der Waals surface area contributed by atoms with Gasteiger partial charge in [-0.25, -0.2) is 9.75 Å². The number of nitrogens with zero attached hydrogens (tertiary/aromatic N) is 6. The average Bonchev–Trinajstić information content (AvgIpc) is 3.12. The second-order valence-electron chi connectivity index (χ2n) is 8.03. The number of hydroxylamine groups is 2. The summed E-state index contributed by atoms with van der Waals surface area (Å²) >= 11 is 0. The lowest BCUT2D eigenvalue weighted by Crippen LogP contribution is -2.44. The molecule has 26 heavy (non-hydrogen) atoms. The molecule has 1 N–H and O–H groups in total. The first-order valence-electron chi connectivity index (χ1n) is 9.51. The van der Waals surface area contributed by atoms with Gasteiger partial charge in [-0.3, -0.25) is 14.8 Å². The van der Waals surface area contributed by atoms with Gasteiger partial charge in [0.05, 0.1) is 18.0 Å². The number of aromatic nitrogens is 4. The van der Waals surface area contributed by atoms with Crippen LogP contribution in [0.25, 0.3) is 0 Å². The first kappa shape index (κ1) is 17.4. The van der Waals surface area contributed by atoms with Crippen molar-refractivity contribution in [1.29, 1.82) is 0 Å². The molecule has 2 unspecified atom stereocenters. The second-order valence-corrected chi connectivity index (χ2v) is 8.03. The molecule has 2 heterocycles. The molecule has 2 amide bonds. The Morgan fingerprint density at radius 2 is 2.12 bits per heavy atom. The second kappa shape index (κ2) is 6.61. The zero-order valence-electron chi connectivity index (χ0n) is 15.1. The summed E-state index contributed by atoms with van der Waals surface area (Å²) in [5, 5.41) is 22.2. The van der Waals surface area contributed by atoms with Crippen LogP contribution in [0.4, 0.5) is 0 Å². The van der Waals surface area contributed by atoms with Gasteiger partial charge in [-0.1, -0.05) is 25.7 Å². The summed E-state index contributed by atoms with van der Waals surface area (Å²) in [5.74, 6) is 1.52. The third-order valence-electron chi connectivity index (χ3n) is 6.56. The van der Waals surface area contributed by atoms with Gasteiger partial charge < -0.3 is 4.90 Å². The summed E-state index contributed by atoms with van der Waals surface area (Å²) in [4.78, 5) is 26.4. The largest absolute Gasteiger partial charge is 0.332 e. The van der Waals surface area contributed by atoms with E-state index in [4.69, 9.17) is 0 Å². The number of likely N-dealkylation sites (tertiary alicyclic amines) is 1. The third kappa shape index (κ3) is 2.78. The van der Waals surface area contributed by atoms with Crippen molar-refractivity contribution in [3.8, 4) is 0 Å². The predicted molar refractivity (Wildman–Crippen MR) is 89.5 cm³/mol. The highest BCUT2D eigenvalue weighted by Gasteiger charge is 2.65. The Balaban J connectivity index is 1.58. The standard InChI is InChI=1S/C17H26N6O3/c1-21-15(18-19-20-21)14-7-4-8-23(14)16(25)17(10-22(26)11-24)9-13(17)12-5-2-3-6-12/h11-14,26H,2-10H2,1H3/t13?,14-,17?/m0/s1. The molecule has 9 heteroatoms. The molecule has 9 nitrogen and oxygen atoms in total. The Bertz CT molecular complexity index is 688. The van der Waals surface area contributed by atoms with Crippen LogP contribution in [-0.4, -0.2) is 60.8 Å². The molecule has 142 valence electrons. The SMILES string of the molecule is Cn1nnnc1[C@@H]1CCCN1C(=O)C1(CN(O)C=O)CC1C1CCCC1. The van der Waals surface area contributed by atoms with Crippen LogP contribution in [0.1, 0.15) is 56.8 Å². The van der Waals surface area contributed by atoms with Gasteiger partial charge in [-0.15, -0.1) is 5.10 Å². The van der Waals surface area contributed by atoms with E-state index >= 15 is 0 Å². The minimum absolute atomic E-state index is 0.0424. The van der Waals surface area contributed by atoms with Crippen molar-refractivity contribution in [2.75, 3.05) is 13.1 Å². The predicted octanol–water partition coefficient (Wildman–Crippen LogP) is 0.918. The highest BCUT2D eigenvalue weighted by molar-refractivity contribution is 5.87. The molecule has 2 saturated carbocycles. The van der Waals surface area contributed by atoms with Crippen molar-refractivity contribution in [3.05, 3.63) is 5.82 Å². The van der Waals surface area contributed by atoms with Gasteiger partial charge in [-0.2, -0.15) is 0 Å². The van der Waals surface area contributed by atoms with Gasteiger partial charge in [0.15, 0.2) is 5.82 Å². The maximum atomic E-state index is 13.6. The molecule has 1 aromatic rings. The maximum absolute atomic E-state index is 13.6. The Kier molecular flexibility index (Phi) is 4.42. The summed E-state index contributed by atoms with van der Waals surface area (Å²) in [7, 11) is 1.78. The molecule has 1 aromatic heterocycles. The lowest BCUT2D eigenvalue weighted by Gasteiger charge is -2.30. The van der Waals surface area contributed by atoms with Crippen LogP contribution in [-0.2, 0) is 16.6 Å². The third-order valence-corrected chi connectivity index (χ3v) is 6.56. The van der Waals surface area contributed by atoms with Crippen LogP contribution >= 0.6 is 0 Å². The van der Waals surface area contributed by atoms with E-state index in [1.165, 1.54) is 12.8 Å². The van der Waals surface area contributed by atoms with E-state index < -0.39 is 5.41 Å². The number of tetrazole rings is 1. The van der Waals surface area contributed by atoms with Crippen LogP contribution in [0.2, 0.25) is 0 Å². The van der Waals surface area contributed by atoms with Crippen LogP contribution in [0.3, 0.4) is 0 Å². The summed E-state index contributed by atoms with van der Waals surface area (Å²) in [6.45, 7) is 0.749. The van der Waals surface area contributed by atoms with Gasteiger partial charge in [0, 0.05) is 13.6 Å². The number of hydrogen-bond acceptors (Lipinski definition) is 6. The van der Waals surface area contributed by atoms with Crippen molar-refractivity contribution in [2.24, 2.45) is 24.3 Å². The van der Waals surface area contributed by atoms with E-state index in [2.05, 4.69) is 15.5 Å². The van der Waals surface area contributed by atoms with Crippen LogP contribution < -0.4 is 0 Å². The Labute approximate surface area is 152 Å². The van der Waals surface area contributed by atoms with Crippen molar-refractivity contribution in [1.82, 2.24) is 30.2 Å². The van der Waals surface area contributed by atoms with Crippen molar-refractivity contribution < 1.29 is 14.8 Å². The minimum Gasteiger partial charge on any atom is -0.332 e. The number of carbonyl (C=O) groups is 2. The number of rotatable bonds is 6. The van der Waals surface area contributed by atoms with Crippen LogP contribution in [0.5, 0.6) is 0 Å². The zero-order chi connectivity index (χ0) is 18.3. The molecule has 1 aliphatic heterocycles. The monoisotopic (exact) mass is 362 g/mol. The molecule has 3 aliphatic rings. The molecule has 0 radical (unpaired) electrons. The number of amides is 2. The number of hydrogen-bond donors (Lipinski definition) is 1. The molecular weight excluding hydrogens is 336 g/mol. The van der Waals surface area contributed by atoms with E-state index in [9.17, 15) is 14.8 Å². The lowest BCUT2D eigenvalue weighted by atomic mass is 9.91. The van der Waals surface area contributed by atoms with E-state index in [1.807, 2.05) is 4.90 Å².